The molecule has 0 aliphatic carbocycles. The number of carbonyl (C=O) groups excluding carboxylic acids is 2. The minimum absolute atomic E-state index is 0.264. The maximum Gasteiger partial charge on any atom is 0.253 e. The van der Waals surface area contributed by atoms with Crippen LogP contribution in [0, 0.1) is 18.3 Å². The van der Waals surface area contributed by atoms with Gasteiger partial charge in [0.2, 0.25) is 5.91 Å². The topological polar surface area (TPSA) is 91.2 Å². The zero-order chi connectivity index (χ0) is 18.1. The molecule has 0 aliphatic rings. The second-order valence-electron chi connectivity index (χ2n) is 5.35. The van der Waals surface area contributed by atoms with Crippen LogP contribution in [0.5, 0.6) is 5.75 Å². The lowest BCUT2D eigenvalue weighted by molar-refractivity contribution is -0.115. The molecule has 0 aliphatic heterocycles. The Morgan fingerprint density at radius 3 is 2.56 bits per heavy atom. The van der Waals surface area contributed by atoms with E-state index < -0.39 is 5.91 Å². The van der Waals surface area contributed by atoms with Crippen molar-refractivity contribution in [3.05, 3.63) is 59.7 Å². The van der Waals surface area contributed by atoms with Gasteiger partial charge in [0, 0.05) is 0 Å². The third-order valence-corrected chi connectivity index (χ3v) is 3.36. The number of nitrogens with zero attached hydrogens (tertiary/aromatic N) is 1. The van der Waals surface area contributed by atoms with Gasteiger partial charge in [-0.2, -0.15) is 5.26 Å². The van der Waals surface area contributed by atoms with Gasteiger partial charge in [0.15, 0.2) is 0 Å². The van der Waals surface area contributed by atoms with Gasteiger partial charge in [-0.25, -0.2) is 0 Å². The summed E-state index contributed by atoms with van der Waals surface area (Å²) >= 11 is 0. The third kappa shape index (κ3) is 5.66. The molecule has 128 valence electrons. The van der Waals surface area contributed by atoms with Gasteiger partial charge in [-0.15, -0.1) is 0 Å². The lowest BCUT2D eigenvalue weighted by Crippen LogP contribution is -2.29. The Morgan fingerprint density at radius 2 is 1.84 bits per heavy atom. The number of aryl methyl sites for hydroxylation is 1. The molecule has 25 heavy (non-hydrogen) atoms. The summed E-state index contributed by atoms with van der Waals surface area (Å²) in [6.45, 7) is 2.65. The largest absolute Gasteiger partial charge is 0.492 e. The highest BCUT2D eigenvalue weighted by Crippen LogP contribution is 2.15. The van der Waals surface area contributed by atoms with E-state index >= 15 is 0 Å². The van der Waals surface area contributed by atoms with E-state index in [0.717, 1.165) is 11.3 Å². The summed E-state index contributed by atoms with van der Waals surface area (Å²) in [6, 6.07) is 16.1. The Hall–Kier alpha value is -3.33. The fourth-order valence-electron chi connectivity index (χ4n) is 2.12. The highest BCUT2D eigenvalue weighted by molar-refractivity contribution is 6.04. The number of nitriles is 1. The number of rotatable bonds is 7. The van der Waals surface area contributed by atoms with Crippen molar-refractivity contribution in [2.45, 2.75) is 13.3 Å². The van der Waals surface area contributed by atoms with Crippen molar-refractivity contribution in [1.29, 1.82) is 5.26 Å². The van der Waals surface area contributed by atoms with E-state index in [-0.39, 0.29) is 12.3 Å². The summed E-state index contributed by atoms with van der Waals surface area (Å²) in [6.07, 6.45) is -0.264. The summed E-state index contributed by atoms with van der Waals surface area (Å²) in [5.41, 5.74) is 1.86. The normalized spacial score (nSPS) is 9.76. The molecule has 2 amide bonds. The minimum Gasteiger partial charge on any atom is -0.492 e. The van der Waals surface area contributed by atoms with Crippen LogP contribution in [0.25, 0.3) is 0 Å². The number of amides is 2. The van der Waals surface area contributed by atoms with E-state index in [2.05, 4.69) is 10.6 Å². The molecule has 0 atom stereocenters. The summed E-state index contributed by atoms with van der Waals surface area (Å²) in [5, 5.41) is 13.8. The van der Waals surface area contributed by atoms with Crippen LogP contribution in [-0.2, 0) is 4.79 Å². The van der Waals surface area contributed by atoms with Gasteiger partial charge in [0.05, 0.1) is 23.9 Å². The number of benzene rings is 2. The molecule has 0 fully saturated rings. The monoisotopic (exact) mass is 337 g/mol. The molecule has 0 unspecified atom stereocenters. The molecule has 0 saturated carbocycles. The van der Waals surface area contributed by atoms with Crippen molar-refractivity contribution in [3.8, 4) is 11.8 Å². The molecule has 0 bridgehead atoms. The molecule has 2 rings (SSSR count). The van der Waals surface area contributed by atoms with Crippen LogP contribution < -0.4 is 15.4 Å². The van der Waals surface area contributed by atoms with Crippen LogP contribution in [0.3, 0.4) is 0 Å². The summed E-state index contributed by atoms with van der Waals surface area (Å²) in [7, 11) is 0. The van der Waals surface area contributed by atoms with E-state index in [0.29, 0.717) is 24.4 Å². The van der Waals surface area contributed by atoms with Crippen molar-refractivity contribution in [1.82, 2.24) is 5.32 Å². The first-order valence-electron chi connectivity index (χ1n) is 7.83. The van der Waals surface area contributed by atoms with Crippen LogP contribution in [0.4, 0.5) is 5.69 Å². The van der Waals surface area contributed by atoms with Crippen LogP contribution >= 0.6 is 0 Å². The Labute approximate surface area is 146 Å². The maximum atomic E-state index is 12.3. The van der Waals surface area contributed by atoms with Crippen molar-refractivity contribution in [3.63, 3.8) is 0 Å². The maximum absolute atomic E-state index is 12.3. The van der Waals surface area contributed by atoms with Crippen molar-refractivity contribution in [2.75, 3.05) is 18.5 Å². The Balaban J connectivity index is 1.87. The Morgan fingerprint density at radius 1 is 1.12 bits per heavy atom. The second kappa shape index (κ2) is 9.08. The zero-order valence-corrected chi connectivity index (χ0v) is 13.9. The van der Waals surface area contributed by atoms with Gasteiger partial charge in [0.25, 0.3) is 5.91 Å². The van der Waals surface area contributed by atoms with Crippen molar-refractivity contribution < 1.29 is 14.3 Å². The third-order valence-electron chi connectivity index (χ3n) is 3.36. The Kier molecular flexibility index (Phi) is 6.55. The summed E-state index contributed by atoms with van der Waals surface area (Å²) in [4.78, 5) is 23.8. The lowest BCUT2D eigenvalue weighted by Gasteiger charge is -2.11. The smallest absolute Gasteiger partial charge is 0.253 e. The SMILES string of the molecule is Cc1ccc(OCCNC(=O)c2ccccc2NC(=O)CC#N)cc1. The van der Waals surface area contributed by atoms with E-state index in [4.69, 9.17) is 10.00 Å². The molecule has 0 saturated heterocycles. The predicted octanol–water partition coefficient (Wildman–Crippen LogP) is 2.66. The first-order chi connectivity index (χ1) is 12.1. The highest BCUT2D eigenvalue weighted by atomic mass is 16.5. The lowest BCUT2D eigenvalue weighted by atomic mass is 10.1. The first-order valence-corrected chi connectivity index (χ1v) is 7.83. The summed E-state index contributed by atoms with van der Waals surface area (Å²) < 4.78 is 5.55. The van der Waals surface area contributed by atoms with Gasteiger partial charge in [-0.3, -0.25) is 9.59 Å². The van der Waals surface area contributed by atoms with Gasteiger partial charge < -0.3 is 15.4 Å². The predicted molar refractivity (Wildman–Crippen MR) is 94.3 cm³/mol. The van der Waals surface area contributed by atoms with Crippen LogP contribution in [0.1, 0.15) is 22.3 Å². The number of nitrogens with one attached hydrogen (secondary N) is 2. The average Bonchev–Trinajstić information content (AvgIpc) is 2.61. The fraction of sp³-hybridized carbons (Fsp3) is 0.211. The van der Waals surface area contributed by atoms with Gasteiger partial charge in [0.1, 0.15) is 18.8 Å². The molecule has 0 heterocycles. The van der Waals surface area contributed by atoms with Gasteiger partial charge in [-0.05, 0) is 31.2 Å². The number of para-hydroxylation sites is 1. The molecule has 2 N–H and O–H groups in total. The summed E-state index contributed by atoms with van der Waals surface area (Å²) in [5.74, 6) is -0.0326. The van der Waals surface area contributed by atoms with Gasteiger partial charge >= 0.3 is 0 Å². The minimum atomic E-state index is -0.453. The average molecular weight is 337 g/mol. The van der Waals surface area contributed by atoms with E-state index in [1.807, 2.05) is 31.2 Å². The molecule has 0 aromatic heterocycles. The molecule has 6 nitrogen and oxygen atoms in total. The van der Waals surface area contributed by atoms with E-state index in [9.17, 15) is 9.59 Å². The molecular formula is C19H19N3O3. The van der Waals surface area contributed by atoms with Gasteiger partial charge in [-0.1, -0.05) is 29.8 Å². The van der Waals surface area contributed by atoms with Crippen LogP contribution in [0.2, 0.25) is 0 Å². The quantitative estimate of drug-likeness (QED) is 0.760. The number of hydrogen-bond donors (Lipinski definition) is 2. The Bertz CT molecular complexity index is 779. The molecule has 0 spiro atoms. The number of ether oxygens (including phenoxy) is 1. The van der Waals surface area contributed by atoms with Crippen molar-refractivity contribution in [2.24, 2.45) is 0 Å². The first kappa shape index (κ1) is 18.0. The van der Waals surface area contributed by atoms with E-state index in [1.54, 1.807) is 30.3 Å². The molecule has 2 aromatic carbocycles. The van der Waals surface area contributed by atoms with Crippen LogP contribution in [0.15, 0.2) is 48.5 Å². The highest BCUT2D eigenvalue weighted by Gasteiger charge is 2.12. The molecular weight excluding hydrogens is 318 g/mol. The fourth-order valence-corrected chi connectivity index (χ4v) is 2.12. The molecule has 2 aromatic rings. The van der Waals surface area contributed by atoms with Crippen molar-refractivity contribution >= 4 is 17.5 Å². The second-order valence-corrected chi connectivity index (χ2v) is 5.35. The standard InChI is InChI=1S/C19H19N3O3/c1-14-6-8-15(9-7-14)25-13-12-21-19(24)16-4-2-3-5-17(16)22-18(23)10-11-20/h2-9H,10,12-13H2,1H3,(H,21,24)(H,22,23). The molecule has 6 heteroatoms. The zero-order valence-electron chi connectivity index (χ0n) is 13.9. The van der Waals surface area contributed by atoms with Crippen LogP contribution in [-0.4, -0.2) is 25.0 Å². The number of hydrogen-bond acceptors (Lipinski definition) is 4. The van der Waals surface area contributed by atoms with E-state index in [1.165, 1.54) is 0 Å². The number of carbonyl (C=O) groups is 2. The number of anilines is 1. The molecule has 0 radical (unpaired) electrons.